The number of carboxylic acids is 2. The third kappa shape index (κ3) is 7.88. The van der Waals surface area contributed by atoms with Crippen LogP contribution in [0.1, 0.15) is 13.8 Å². The summed E-state index contributed by atoms with van der Waals surface area (Å²) in [7, 11) is 2.29. The van der Waals surface area contributed by atoms with Crippen molar-refractivity contribution in [1.29, 1.82) is 0 Å². The lowest BCUT2D eigenvalue weighted by molar-refractivity contribution is -0.141. The first-order valence-electron chi connectivity index (χ1n) is 5.54. The van der Waals surface area contributed by atoms with Gasteiger partial charge in [-0.3, -0.25) is 9.59 Å². The molecule has 0 aromatic rings. The fourth-order valence-electron chi connectivity index (χ4n) is 0.818. The molecule has 0 saturated carbocycles. The Morgan fingerprint density at radius 1 is 1.20 bits per heavy atom. The number of thiol groups is 1. The molecule has 5 N–H and O–H groups in total. The average molecular weight is 342 g/mol. The normalized spacial score (nSPS) is 14.4. The molecule has 2 atom stereocenters. The highest BCUT2D eigenvalue weighted by Crippen LogP contribution is 2.23. The predicted octanol–water partition coefficient (Wildman–Crippen LogP) is 0.0575. The second-order valence-electron chi connectivity index (χ2n) is 4.44. The Morgan fingerprint density at radius 2 is 1.70 bits per heavy atom. The van der Waals surface area contributed by atoms with E-state index in [1.807, 2.05) is 0 Å². The molecule has 0 aliphatic carbocycles. The van der Waals surface area contributed by atoms with E-state index in [0.29, 0.717) is 0 Å². The van der Waals surface area contributed by atoms with Gasteiger partial charge in [0.1, 0.15) is 12.1 Å². The molecule has 0 aromatic carbocycles. The topological polar surface area (TPSA) is 130 Å². The van der Waals surface area contributed by atoms with Crippen molar-refractivity contribution < 1.29 is 24.6 Å². The minimum Gasteiger partial charge on any atom is -0.480 e. The van der Waals surface area contributed by atoms with Crippen LogP contribution in [0.3, 0.4) is 0 Å². The molecule has 116 valence electrons. The van der Waals surface area contributed by atoms with Crippen molar-refractivity contribution >= 4 is 52.1 Å². The Kier molecular flexibility index (Phi) is 8.40. The summed E-state index contributed by atoms with van der Waals surface area (Å²) in [5.41, 5.74) is 5.30. The molecule has 0 unspecified atom stereocenters. The number of carbonyl (C=O) groups excluding carboxylic acids is 1. The lowest BCUT2D eigenvalue weighted by Gasteiger charge is -2.21. The third-order valence-electron chi connectivity index (χ3n) is 2.04. The molecule has 10 heteroatoms. The lowest BCUT2D eigenvalue weighted by Crippen LogP contribution is -2.48. The van der Waals surface area contributed by atoms with Crippen LogP contribution in [0.5, 0.6) is 0 Å². The number of rotatable bonds is 9. The lowest BCUT2D eigenvalue weighted by atomic mass is 10.2. The number of hydrogen-bond donors (Lipinski definition) is 5. The average Bonchev–Trinajstić information content (AvgIpc) is 2.30. The van der Waals surface area contributed by atoms with Gasteiger partial charge in [-0.2, -0.15) is 12.6 Å². The van der Waals surface area contributed by atoms with Crippen LogP contribution < -0.4 is 11.1 Å². The van der Waals surface area contributed by atoms with E-state index in [-0.39, 0.29) is 11.5 Å². The fourth-order valence-corrected chi connectivity index (χ4v) is 3.15. The molecule has 20 heavy (non-hydrogen) atoms. The van der Waals surface area contributed by atoms with Gasteiger partial charge in [0.25, 0.3) is 0 Å². The predicted molar refractivity (Wildman–Crippen MR) is 83.2 cm³/mol. The Labute approximate surface area is 130 Å². The van der Waals surface area contributed by atoms with E-state index in [2.05, 4.69) is 17.9 Å². The number of amides is 1. The first-order valence-corrected chi connectivity index (χ1v) is 8.48. The van der Waals surface area contributed by atoms with Gasteiger partial charge in [-0.25, -0.2) is 4.79 Å². The summed E-state index contributed by atoms with van der Waals surface area (Å²) in [6.45, 7) is 3.11. The summed E-state index contributed by atoms with van der Waals surface area (Å²) in [5, 5.41) is 20.0. The van der Waals surface area contributed by atoms with Crippen LogP contribution in [0, 0.1) is 0 Å². The van der Waals surface area contributed by atoms with Crippen molar-refractivity contribution in [2.75, 3.05) is 11.5 Å². The molecule has 0 saturated heterocycles. The highest BCUT2D eigenvalue weighted by Gasteiger charge is 2.28. The van der Waals surface area contributed by atoms with Crippen LogP contribution in [0.25, 0.3) is 0 Å². The minimum absolute atomic E-state index is 0.0991. The van der Waals surface area contributed by atoms with E-state index >= 15 is 0 Å². The Morgan fingerprint density at radius 3 is 2.10 bits per heavy atom. The summed E-state index contributed by atoms with van der Waals surface area (Å²) in [5.74, 6) is -2.51. The molecule has 1 amide bonds. The number of carbonyl (C=O) groups is 3. The van der Waals surface area contributed by atoms with Gasteiger partial charge in [-0.15, -0.1) is 0 Å². The van der Waals surface area contributed by atoms with E-state index in [4.69, 9.17) is 15.9 Å². The van der Waals surface area contributed by atoms with E-state index in [9.17, 15) is 14.4 Å². The van der Waals surface area contributed by atoms with Gasteiger partial charge < -0.3 is 21.3 Å². The van der Waals surface area contributed by atoms with Gasteiger partial charge in [0.15, 0.2) is 0 Å². The number of nitrogens with two attached hydrogens (primary N) is 1. The molecule has 0 fully saturated rings. The van der Waals surface area contributed by atoms with Crippen molar-refractivity contribution in [3.8, 4) is 0 Å². The summed E-state index contributed by atoms with van der Waals surface area (Å²) < 4.78 is -0.975. The van der Waals surface area contributed by atoms with Gasteiger partial charge in [0, 0.05) is 11.5 Å². The molecule has 7 nitrogen and oxygen atoms in total. The van der Waals surface area contributed by atoms with Crippen molar-refractivity contribution in [1.82, 2.24) is 5.32 Å². The maximum absolute atomic E-state index is 11.6. The van der Waals surface area contributed by atoms with Gasteiger partial charge in [-0.05, 0) is 13.8 Å². The molecule has 0 aromatic heterocycles. The molecule has 0 bridgehead atoms. The van der Waals surface area contributed by atoms with Crippen molar-refractivity contribution in [3.63, 3.8) is 0 Å². The number of aliphatic carboxylic acids is 2. The molecule has 0 spiro atoms. The highest BCUT2D eigenvalue weighted by atomic mass is 33.1. The number of hydrogen-bond acceptors (Lipinski definition) is 7. The van der Waals surface area contributed by atoms with Crippen LogP contribution in [0.15, 0.2) is 0 Å². The second-order valence-corrected chi connectivity index (χ2v) is 8.11. The third-order valence-corrected chi connectivity index (χ3v) is 4.69. The zero-order chi connectivity index (χ0) is 15.9. The van der Waals surface area contributed by atoms with Crippen LogP contribution in [0.4, 0.5) is 0 Å². The first-order chi connectivity index (χ1) is 9.05. The van der Waals surface area contributed by atoms with Crippen LogP contribution >= 0.6 is 34.2 Å². The summed E-state index contributed by atoms with van der Waals surface area (Å²) >= 11 is 4.05. The quantitative estimate of drug-likeness (QED) is 0.226. The first kappa shape index (κ1) is 19.4. The molecular weight excluding hydrogens is 324 g/mol. The van der Waals surface area contributed by atoms with Gasteiger partial charge in [0.05, 0.1) is 4.75 Å². The van der Waals surface area contributed by atoms with Gasteiger partial charge in [-0.1, -0.05) is 21.6 Å². The van der Waals surface area contributed by atoms with E-state index in [1.54, 1.807) is 13.8 Å². The maximum atomic E-state index is 11.6. The van der Waals surface area contributed by atoms with Crippen LogP contribution in [0.2, 0.25) is 0 Å². The number of nitrogens with one attached hydrogen (secondary N) is 1. The summed E-state index contributed by atoms with van der Waals surface area (Å²) in [6.07, 6.45) is 0. The summed E-state index contributed by atoms with van der Waals surface area (Å²) in [6, 6.07) is -2.06. The van der Waals surface area contributed by atoms with E-state index < -0.39 is 34.7 Å². The molecule has 0 heterocycles. The SMILES string of the molecule is CC(C)(S)C(=O)N[C@@H](CSSC[C@H](N)C(=O)O)C(=O)O. The molecular formula is C10H18N2O5S3. The van der Waals surface area contributed by atoms with Crippen LogP contribution in [-0.2, 0) is 14.4 Å². The molecule has 0 aliphatic heterocycles. The molecule has 0 radical (unpaired) electrons. The largest absolute Gasteiger partial charge is 0.480 e. The number of carboxylic acid groups (broad SMARTS) is 2. The Hall–Kier alpha value is -0.580. The maximum Gasteiger partial charge on any atom is 0.327 e. The van der Waals surface area contributed by atoms with Crippen LogP contribution in [-0.4, -0.2) is 56.4 Å². The van der Waals surface area contributed by atoms with Crippen molar-refractivity contribution in [3.05, 3.63) is 0 Å². The minimum atomic E-state index is -1.16. The Balaban J connectivity index is 4.21. The van der Waals surface area contributed by atoms with Gasteiger partial charge >= 0.3 is 11.9 Å². The van der Waals surface area contributed by atoms with Crippen molar-refractivity contribution in [2.45, 2.75) is 30.7 Å². The van der Waals surface area contributed by atoms with Gasteiger partial charge in [0.2, 0.25) is 5.91 Å². The highest BCUT2D eigenvalue weighted by molar-refractivity contribution is 8.76. The molecule has 0 rings (SSSR count). The monoisotopic (exact) mass is 342 g/mol. The zero-order valence-electron chi connectivity index (χ0n) is 11.0. The van der Waals surface area contributed by atoms with E-state index in [1.165, 1.54) is 0 Å². The zero-order valence-corrected chi connectivity index (χ0v) is 13.6. The fraction of sp³-hybridized carbons (Fsp3) is 0.700. The summed E-state index contributed by atoms with van der Waals surface area (Å²) in [4.78, 5) is 33.1. The van der Waals surface area contributed by atoms with E-state index in [0.717, 1.165) is 21.6 Å². The standard InChI is InChI=1S/C10H18N2O5S3/c1-10(2,18)9(17)12-6(8(15)16)4-20-19-3-5(11)7(13)14/h5-6,18H,3-4,11H2,1-2H3,(H,12,17)(H,13,14)(H,15,16)/t5-,6-/m0/s1. The smallest absolute Gasteiger partial charge is 0.327 e. The van der Waals surface area contributed by atoms with Crippen molar-refractivity contribution in [2.24, 2.45) is 5.73 Å². The molecule has 0 aliphatic rings. The second kappa shape index (κ2) is 8.65. The Bertz CT molecular complexity index is 372.